The summed E-state index contributed by atoms with van der Waals surface area (Å²) < 4.78 is 13.3. The van der Waals surface area contributed by atoms with Crippen LogP contribution in [0, 0.1) is 5.82 Å². The number of nitrogens with zero attached hydrogens (tertiary/aromatic N) is 3. The third-order valence-corrected chi connectivity index (χ3v) is 5.33. The molecular formula is C19H23FN4O. The molecule has 5 nitrogen and oxygen atoms in total. The first-order valence-electron chi connectivity index (χ1n) is 9.13. The lowest BCUT2D eigenvalue weighted by molar-refractivity contribution is 0.240. The van der Waals surface area contributed by atoms with Crippen LogP contribution in [0.4, 0.5) is 4.39 Å². The molecule has 6 heteroatoms. The largest absolute Gasteiger partial charge is 0.310 e. The third-order valence-electron chi connectivity index (χ3n) is 5.33. The van der Waals surface area contributed by atoms with Gasteiger partial charge in [-0.2, -0.15) is 0 Å². The molecule has 1 aliphatic carbocycles. The van der Waals surface area contributed by atoms with Crippen LogP contribution in [0.3, 0.4) is 0 Å². The lowest BCUT2D eigenvalue weighted by Gasteiger charge is -2.28. The molecule has 0 saturated heterocycles. The SMILES string of the molecule is O=c1[nH]c(C2CCCCC2)nc2c1CN(Cc1cncc(F)c1)CC2. The van der Waals surface area contributed by atoms with Gasteiger partial charge in [-0.25, -0.2) is 9.37 Å². The van der Waals surface area contributed by atoms with E-state index in [2.05, 4.69) is 14.9 Å². The second-order valence-corrected chi connectivity index (χ2v) is 7.18. The highest BCUT2D eigenvalue weighted by atomic mass is 19.1. The quantitative estimate of drug-likeness (QED) is 0.932. The fourth-order valence-corrected chi connectivity index (χ4v) is 4.01. The van der Waals surface area contributed by atoms with Gasteiger partial charge in [0.15, 0.2) is 0 Å². The van der Waals surface area contributed by atoms with Crippen LogP contribution >= 0.6 is 0 Å². The van der Waals surface area contributed by atoms with Crippen LogP contribution in [0.5, 0.6) is 0 Å². The van der Waals surface area contributed by atoms with Crippen LogP contribution < -0.4 is 5.56 Å². The summed E-state index contributed by atoms with van der Waals surface area (Å²) in [5, 5.41) is 0. The van der Waals surface area contributed by atoms with Gasteiger partial charge in [0.25, 0.3) is 5.56 Å². The highest BCUT2D eigenvalue weighted by molar-refractivity contribution is 5.22. The number of pyridine rings is 1. The van der Waals surface area contributed by atoms with E-state index in [0.717, 1.165) is 48.5 Å². The Morgan fingerprint density at radius 2 is 2.08 bits per heavy atom. The molecule has 0 amide bonds. The van der Waals surface area contributed by atoms with Crippen molar-refractivity contribution in [2.45, 2.75) is 57.5 Å². The van der Waals surface area contributed by atoms with Crippen molar-refractivity contribution < 1.29 is 4.39 Å². The Morgan fingerprint density at radius 3 is 2.88 bits per heavy atom. The molecule has 0 atom stereocenters. The number of H-pyrrole nitrogens is 1. The molecule has 1 N–H and O–H groups in total. The summed E-state index contributed by atoms with van der Waals surface area (Å²) >= 11 is 0. The van der Waals surface area contributed by atoms with Gasteiger partial charge in [-0.15, -0.1) is 0 Å². The van der Waals surface area contributed by atoms with Gasteiger partial charge in [0.1, 0.15) is 11.6 Å². The van der Waals surface area contributed by atoms with Gasteiger partial charge in [0.2, 0.25) is 0 Å². The molecule has 2 aromatic rings. The van der Waals surface area contributed by atoms with Crippen molar-refractivity contribution in [3.05, 3.63) is 57.3 Å². The van der Waals surface area contributed by atoms with Crippen LogP contribution in [0.1, 0.15) is 60.7 Å². The first-order chi connectivity index (χ1) is 12.2. The Bertz CT molecular complexity index is 813. The van der Waals surface area contributed by atoms with Crippen LogP contribution in [0.15, 0.2) is 23.3 Å². The molecule has 0 aromatic carbocycles. The molecule has 0 unspecified atom stereocenters. The molecule has 1 saturated carbocycles. The number of aromatic amines is 1. The number of rotatable bonds is 3. The van der Waals surface area contributed by atoms with Gasteiger partial charge in [-0.05, 0) is 24.5 Å². The molecule has 1 aliphatic heterocycles. The maximum Gasteiger partial charge on any atom is 0.255 e. The van der Waals surface area contributed by atoms with Crippen LogP contribution in [0.25, 0.3) is 0 Å². The average Bonchev–Trinajstić information content (AvgIpc) is 2.63. The van der Waals surface area contributed by atoms with Crippen LogP contribution in [-0.4, -0.2) is 26.4 Å². The number of hydrogen-bond donors (Lipinski definition) is 1. The van der Waals surface area contributed by atoms with Gasteiger partial charge in [-0.1, -0.05) is 19.3 Å². The minimum absolute atomic E-state index is 0.00681. The van der Waals surface area contributed by atoms with E-state index >= 15 is 0 Å². The van der Waals surface area contributed by atoms with Crippen molar-refractivity contribution in [1.82, 2.24) is 19.9 Å². The zero-order chi connectivity index (χ0) is 17.2. The summed E-state index contributed by atoms with van der Waals surface area (Å²) in [5.74, 6) is 0.959. The molecule has 3 heterocycles. The molecule has 0 radical (unpaired) electrons. The zero-order valence-electron chi connectivity index (χ0n) is 14.3. The predicted octanol–water partition coefficient (Wildman–Crippen LogP) is 2.91. The second-order valence-electron chi connectivity index (χ2n) is 7.18. The van der Waals surface area contributed by atoms with Gasteiger partial charge < -0.3 is 4.98 Å². The molecule has 2 aromatic heterocycles. The van der Waals surface area contributed by atoms with Gasteiger partial charge in [0, 0.05) is 38.2 Å². The Labute approximate surface area is 146 Å². The van der Waals surface area contributed by atoms with Crippen LogP contribution in [-0.2, 0) is 19.5 Å². The lowest BCUT2D eigenvalue weighted by atomic mass is 9.88. The topological polar surface area (TPSA) is 61.9 Å². The van der Waals surface area contributed by atoms with Crippen molar-refractivity contribution in [3.63, 3.8) is 0 Å². The number of aromatic nitrogens is 3. The molecular weight excluding hydrogens is 319 g/mol. The maximum absolute atomic E-state index is 13.3. The minimum Gasteiger partial charge on any atom is -0.310 e. The molecule has 0 spiro atoms. The van der Waals surface area contributed by atoms with Crippen molar-refractivity contribution >= 4 is 0 Å². The van der Waals surface area contributed by atoms with Crippen molar-refractivity contribution in [2.24, 2.45) is 0 Å². The zero-order valence-corrected chi connectivity index (χ0v) is 14.3. The fraction of sp³-hybridized carbons (Fsp3) is 0.526. The van der Waals surface area contributed by atoms with E-state index in [1.807, 2.05) is 0 Å². The normalized spacial score (nSPS) is 18.9. The van der Waals surface area contributed by atoms with E-state index in [9.17, 15) is 9.18 Å². The highest BCUT2D eigenvalue weighted by Crippen LogP contribution is 2.30. The second kappa shape index (κ2) is 7.04. The van der Waals surface area contributed by atoms with E-state index in [1.54, 1.807) is 6.20 Å². The van der Waals surface area contributed by atoms with E-state index in [0.29, 0.717) is 19.0 Å². The summed E-state index contributed by atoms with van der Waals surface area (Å²) in [6.07, 6.45) is 9.63. The molecule has 1 fully saturated rings. The van der Waals surface area contributed by atoms with Crippen LogP contribution in [0.2, 0.25) is 0 Å². The Morgan fingerprint density at radius 1 is 1.24 bits per heavy atom. The van der Waals surface area contributed by atoms with E-state index in [-0.39, 0.29) is 11.4 Å². The van der Waals surface area contributed by atoms with E-state index in [1.165, 1.54) is 31.5 Å². The van der Waals surface area contributed by atoms with Crippen molar-refractivity contribution in [3.8, 4) is 0 Å². The van der Waals surface area contributed by atoms with E-state index < -0.39 is 0 Å². The Kier molecular flexibility index (Phi) is 4.61. The van der Waals surface area contributed by atoms with E-state index in [4.69, 9.17) is 4.98 Å². The summed E-state index contributed by atoms with van der Waals surface area (Å²) in [6, 6.07) is 1.50. The molecule has 132 valence electrons. The highest BCUT2D eigenvalue weighted by Gasteiger charge is 2.24. The smallest absolute Gasteiger partial charge is 0.255 e. The molecule has 2 aliphatic rings. The molecule has 0 bridgehead atoms. The third kappa shape index (κ3) is 3.63. The Balaban J connectivity index is 1.52. The summed E-state index contributed by atoms with van der Waals surface area (Å²) in [4.78, 5) is 26.5. The number of fused-ring (bicyclic) bond motifs is 1. The number of nitrogens with one attached hydrogen (secondary N) is 1. The standard InChI is InChI=1S/C19H23FN4O/c20-15-8-13(9-21-10-15)11-24-7-6-17-16(12-24)19(25)23-18(22-17)14-4-2-1-3-5-14/h8-10,14H,1-7,11-12H2,(H,22,23,25). The average molecular weight is 342 g/mol. The summed E-state index contributed by atoms with van der Waals surface area (Å²) in [7, 11) is 0. The van der Waals surface area contributed by atoms with Crippen molar-refractivity contribution in [1.29, 1.82) is 0 Å². The summed E-state index contributed by atoms with van der Waals surface area (Å²) in [6.45, 7) is 1.97. The lowest BCUT2D eigenvalue weighted by Crippen LogP contribution is -2.36. The monoisotopic (exact) mass is 342 g/mol. The molecule has 4 rings (SSSR count). The van der Waals surface area contributed by atoms with Crippen molar-refractivity contribution in [2.75, 3.05) is 6.54 Å². The maximum atomic E-state index is 13.3. The van der Waals surface area contributed by atoms with Gasteiger partial charge in [0.05, 0.1) is 17.5 Å². The summed E-state index contributed by atoms with van der Waals surface area (Å²) in [5.41, 5.74) is 2.52. The first-order valence-corrected chi connectivity index (χ1v) is 9.13. The van der Waals surface area contributed by atoms with Gasteiger partial charge in [-0.3, -0.25) is 14.7 Å². The predicted molar refractivity (Wildman–Crippen MR) is 92.7 cm³/mol. The Hall–Kier alpha value is -2.08. The number of hydrogen-bond acceptors (Lipinski definition) is 4. The molecule has 25 heavy (non-hydrogen) atoms. The minimum atomic E-state index is -0.327. The fourth-order valence-electron chi connectivity index (χ4n) is 4.01. The van der Waals surface area contributed by atoms with Gasteiger partial charge >= 0.3 is 0 Å². The number of halogens is 1. The first kappa shape index (κ1) is 16.4.